The van der Waals surface area contributed by atoms with E-state index in [0.717, 1.165) is 0 Å². The van der Waals surface area contributed by atoms with E-state index < -0.39 is 4.92 Å². The van der Waals surface area contributed by atoms with E-state index in [1.807, 2.05) is 0 Å². The molecule has 0 atom stereocenters. The minimum absolute atomic E-state index is 0.388. The summed E-state index contributed by atoms with van der Waals surface area (Å²) >= 11 is 0. The Morgan fingerprint density at radius 3 is 3.00 bits per heavy atom. The highest BCUT2D eigenvalue weighted by Gasteiger charge is 2.11. The van der Waals surface area contributed by atoms with Crippen LogP contribution in [0.2, 0.25) is 0 Å². The molecular formula is C6H9N5O2. The number of rotatable bonds is 4. The lowest BCUT2D eigenvalue weighted by atomic mass is 10.5. The molecule has 0 unspecified atom stereocenters. The van der Waals surface area contributed by atoms with Crippen LogP contribution in [0.15, 0.2) is 18.5 Å². The predicted octanol–water partition coefficient (Wildman–Crippen LogP) is -0.299. The molecular weight excluding hydrogens is 174 g/mol. The molecule has 0 aliphatic carbocycles. The van der Waals surface area contributed by atoms with E-state index >= 15 is 0 Å². The first-order valence-electron chi connectivity index (χ1n) is 3.63. The molecule has 0 aliphatic heterocycles. The highest BCUT2D eigenvalue weighted by Crippen LogP contribution is 1.99. The largest absolute Gasteiger partial charge is 0.490 e. The zero-order chi connectivity index (χ0) is 9.68. The smallest absolute Gasteiger partial charge is 0.390 e. The predicted molar refractivity (Wildman–Crippen MR) is 44.9 cm³/mol. The van der Waals surface area contributed by atoms with E-state index in [0.29, 0.717) is 13.1 Å². The van der Waals surface area contributed by atoms with Crippen molar-refractivity contribution >= 4 is 5.95 Å². The number of nitrogens with two attached hydrogens (primary N) is 1. The number of allylic oxidation sites excluding steroid dienone is 1. The number of nitrogens with zero attached hydrogens (tertiary/aromatic N) is 4. The third-order valence-corrected chi connectivity index (χ3v) is 1.28. The van der Waals surface area contributed by atoms with Gasteiger partial charge in [-0.05, 0) is 4.92 Å². The second kappa shape index (κ2) is 4.31. The normalized spacial score (nSPS) is 10.8. The molecule has 13 heavy (non-hydrogen) atoms. The van der Waals surface area contributed by atoms with Crippen LogP contribution in [-0.4, -0.2) is 26.2 Å². The van der Waals surface area contributed by atoms with Crippen molar-refractivity contribution < 1.29 is 4.92 Å². The second-order valence-electron chi connectivity index (χ2n) is 2.23. The molecule has 0 saturated carbocycles. The molecule has 0 bridgehead atoms. The zero-order valence-electron chi connectivity index (χ0n) is 6.83. The number of aromatic nitrogens is 3. The fourth-order valence-electron chi connectivity index (χ4n) is 0.735. The molecule has 0 amide bonds. The fraction of sp³-hybridized carbons (Fsp3) is 0.333. The number of hydrogen-bond donors (Lipinski definition) is 1. The Balaban J connectivity index is 2.59. The molecule has 2 N–H and O–H groups in total. The summed E-state index contributed by atoms with van der Waals surface area (Å²) in [5.41, 5.74) is 5.21. The van der Waals surface area contributed by atoms with Gasteiger partial charge in [-0.1, -0.05) is 17.1 Å². The van der Waals surface area contributed by atoms with Crippen molar-refractivity contribution in [3.05, 3.63) is 28.6 Å². The summed E-state index contributed by atoms with van der Waals surface area (Å²) in [5, 5.41) is 13.8. The maximum atomic E-state index is 10.2. The summed E-state index contributed by atoms with van der Waals surface area (Å²) in [4.78, 5) is 13.0. The van der Waals surface area contributed by atoms with Crippen LogP contribution in [0.1, 0.15) is 0 Å². The maximum Gasteiger partial charge on any atom is 0.490 e. The van der Waals surface area contributed by atoms with Crippen molar-refractivity contribution in [2.75, 3.05) is 6.54 Å². The van der Waals surface area contributed by atoms with E-state index in [9.17, 15) is 10.1 Å². The third-order valence-electron chi connectivity index (χ3n) is 1.28. The van der Waals surface area contributed by atoms with Crippen molar-refractivity contribution in [1.82, 2.24) is 14.8 Å². The molecule has 0 spiro atoms. The first-order chi connectivity index (χ1) is 6.24. The van der Waals surface area contributed by atoms with Crippen molar-refractivity contribution in [2.45, 2.75) is 6.54 Å². The Kier molecular flexibility index (Phi) is 3.09. The molecule has 1 aromatic rings. The van der Waals surface area contributed by atoms with Crippen LogP contribution in [-0.2, 0) is 6.54 Å². The van der Waals surface area contributed by atoms with Gasteiger partial charge in [0.15, 0.2) is 0 Å². The van der Waals surface area contributed by atoms with Crippen LogP contribution < -0.4 is 5.73 Å². The summed E-state index contributed by atoms with van der Waals surface area (Å²) in [6.45, 7) is 0.884. The Bertz CT molecular complexity index is 319. The topological polar surface area (TPSA) is 99.9 Å². The molecule has 0 aromatic carbocycles. The highest BCUT2D eigenvalue weighted by atomic mass is 16.6. The van der Waals surface area contributed by atoms with Gasteiger partial charge in [0.05, 0.1) is 6.54 Å². The Morgan fingerprint density at radius 1 is 1.69 bits per heavy atom. The van der Waals surface area contributed by atoms with Crippen LogP contribution >= 0.6 is 0 Å². The average Bonchev–Trinajstić information content (AvgIpc) is 2.53. The maximum absolute atomic E-state index is 10.2. The molecule has 1 aromatic heterocycles. The molecule has 0 radical (unpaired) electrons. The van der Waals surface area contributed by atoms with Gasteiger partial charge >= 0.3 is 5.95 Å². The summed E-state index contributed by atoms with van der Waals surface area (Å²) in [7, 11) is 0. The monoisotopic (exact) mass is 183 g/mol. The summed E-state index contributed by atoms with van der Waals surface area (Å²) in [6, 6.07) is 0. The lowest BCUT2D eigenvalue weighted by Crippen LogP contribution is -1.99. The SMILES string of the molecule is NCC=CCn1cnc([N+](=O)[O-])n1. The van der Waals surface area contributed by atoms with E-state index in [1.54, 1.807) is 12.2 Å². The quantitative estimate of drug-likeness (QED) is 0.392. The lowest BCUT2D eigenvalue weighted by molar-refractivity contribution is -0.394. The molecule has 7 nitrogen and oxygen atoms in total. The van der Waals surface area contributed by atoms with Crippen molar-refractivity contribution in [3.63, 3.8) is 0 Å². The molecule has 0 saturated heterocycles. The van der Waals surface area contributed by atoms with Crippen molar-refractivity contribution in [3.8, 4) is 0 Å². The number of hydrogen-bond acceptors (Lipinski definition) is 5. The zero-order valence-corrected chi connectivity index (χ0v) is 6.83. The fourth-order valence-corrected chi connectivity index (χ4v) is 0.735. The van der Waals surface area contributed by atoms with Gasteiger partial charge in [-0.15, -0.1) is 0 Å². The van der Waals surface area contributed by atoms with E-state index in [2.05, 4.69) is 10.1 Å². The molecule has 0 aliphatic rings. The Morgan fingerprint density at radius 2 is 2.46 bits per heavy atom. The first-order valence-corrected chi connectivity index (χ1v) is 3.63. The van der Waals surface area contributed by atoms with Crippen LogP contribution in [0.5, 0.6) is 0 Å². The van der Waals surface area contributed by atoms with Gasteiger partial charge in [0.1, 0.15) is 0 Å². The van der Waals surface area contributed by atoms with Gasteiger partial charge in [0, 0.05) is 11.6 Å². The molecule has 0 fully saturated rings. The number of nitro groups is 1. The molecule has 1 heterocycles. The van der Waals surface area contributed by atoms with Gasteiger partial charge in [-0.25, -0.2) is 0 Å². The standard InChI is InChI=1S/C6H9N5O2/c7-3-1-2-4-10-5-8-6(9-10)11(12)13/h1-2,5H,3-4,7H2. The van der Waals surface area contributed by atoms with Crippen molar-refractivity contribution in [2.24, 2.45) is 5.73 Å². The van der Waals surface area contributed by atoms with Crippen LogP contribution in [0, 0.1) is 10.1 Å². The minimum Gasteiger partial charge on any atom is -0.390 e. The summed E-state index contributed by atoms with van der Waals surface area (Å²) in [5.74, 6) is -0.388. The summed E-state index contributed by atoms with van der Waals surface area (Å²) < 4.78 is 1.37. The Hall–Kier alpha value is -1.76. The van der Waals surface area contributed by atoms with Gasteiger partial charge in [0.2, 0.25) is 6.33 Å². The van der Waals surface area contributed by atoms with Gasteiger partial charge in [-0.3, -0.25) is 0 Å². The van der Waals surface area contributed by atoms with Crippen LogP contribution in [0.25, 0.3) is 0 Å². The first kappa shape index (κ1) is 9.33. The molecule has 70 valence electrons. The van der Waals surface area contributed by atoms with Crippen LogP contribution in [0.4, 0.5) is 5.95 Å². The highest BCUT2D eigenvalue weighted by molar-refractivity contribution is 4.97. The van der Waals surface area contributed by atoms with Gasteiger partial charge in [0.25, 0.3) is 0 Å². The van der Waals surface area contributed by atoms with E-state index in [4.69, 9.17) is 5.73 Å². The lowest BCUT2D eigenvalue weighted by Gasteiger charge is -1.86. The van der Waals surface area contributed by atoms with Crippen molar-refractivity contribution in [1.29, 1.82) is 0 Å². The molecule has 1 rings (SSSR count). The van der Waals surface area contributed by atoms with Crippen LogP contribution in [0.3, 0.4) is 0 Å². The average molecular weight is 183 g/mol. The van der Waals surface area contributed by atoms with E-state index in [1.165, 1.54) is 11.0 Å². The van der Waals surface area contributed by atoms with Gasteiger partial charge < -0.3 is 15.8 Å². The second-order valence-corrected chi connectivity index (χ2v) is 2.23. The Labute approximate surface area is 74.0 Å². The third kappa shape index (κ3) is 2.64. The summed E-state index contributed by atoms with van der Waals surface area (Å²) in [6.07, 6.45) is 4.81. The minimum atomic E-state index is -0.636. The van der Waals surface area contributed by atoms with E-state index in [-0.39, 0.29) is 5.95 Å². The van der Waals surface area contributed by atoms with Gasteiger partial charge in [-0.2, -0.15) is 4.68 Å². The molecule has 7 heteroatoms.